The third-order valence-corrected chi connectivity index (χ3v) is 4.11. The Morgan fingerprint density at radius 2 is 2.40 bits per heavy atom. The van der Waals surface area contributed by atoms with E-state index in [1.165, 1.54) is 0 Å². The molecule has 0 radical (unpaired) electrons. The van der Waals surface area contributed by atoms with E-state index in [1.807, 2.05) is 6.92 Å². The average molecular weight is 283 g/mol. The lowest BCUT2D eigenvalue weighted by molar-refractivity contribution is -0.143. The summed E-state index contributed by atoms with van der Waals surface area (Å²) < 4.78 is 10.7. The molecule has 8 heteroatoms. The van der Waals surface area contributed by atoms with Crippen molar-refractivity contribution in [3.05, 3.63) is 0 Å². The second-order valence-electron chi connectivity index (χ2n) is 5.44. The molecule has 0 spiro atoms. The first-order valence-electron chi connectivity index (χ1n) is 7.10. The van der Waals surface area contributed by atoms with Crippen LogP contribution in [0.3, 0.4) is 0 Å². The van der Waals surface area contributed by atoms with Crippen molar-refractivity contribution >= 4 is 19.0 Å². The quantitative estimate of drug-likeness (QED) is 0.641. The molecule has 0 aromatic carbocycles. The van der Waals surface area contributed by atoms with Gasteiger partial charge in [-0.25, -0.2) is 0 Å². The van der Waals surface area contributed by atoms with Crippen LogP contribution in [-0.4, -0.2) is 55.7 Å². The molecule has 2 fully saturated rings. The van der Waals surface area contributed by atoms with Crippen molar-refractivity contribution in [1.29, 1.82) is 0 Å². The second-order valence-corrected chi connectivity index (χ2v) is 5.44. The van der Waals surface area contributed by atoms with Crippen molar-refractivity contribution in [3.63, 3.8) is 0 Å². The van der Waals surface area contributed by atoms with Gasteiger partial charge < -0.3 is 25.7 Å². The van der Waals surface area contributed by atoms with Gasteiger partial charge in [0.25, 0.3) is 0 Å². The second kappa shape index (κ2) is 6.11. The average Bonchev–Trinajstić information content (AvgIpc) is 2.75. The van der Waals surface area contributed by atoms with Crippen LogP contribution in [0.2, 0.25) is 6.32 Å². The van der Waals surface area contributed by atoms with Crippen LogP contribution >= 0.6 is 0 Å². The normalized spacial score (nSPS) is 30.6. The molecule has 7 nitrogen and oxygen atoms in total. The summed E-state index contributed by atoms with van der Waals surface area (Å²) in [6.45, 7) is 2.91. The number of likely N-dealkylation sites (tertiary alicyclic amines) is 1. The van der Waals surface area contributed by atoms with Gasteiger partial charge in [0.2, 0.25) is 5.91 Å². The number of nitrogens with zero attached hydrogens (tertiary/aromatic N) is 1. The van der Waals surface area contributed by atoms with Crippen molar-refractivity contribution in [1.82, 2.24) is 4.90 Å². The summed E-state index contributed by atoms with van der Waals surface area (Å²) in [7, 11) is -0.534. The molecule has 0 aromatic rings. The topological polar surface area (TPSA) is 108 Å². The molecule has 2 aliphatic rings. The fraction of sp³-hybridized carbons (Fsp3) is 0.833. The summed E-state index contributed by atoms with van der Waals surface area (Å²) in [5.74, 6) is -0.739. The maximum atomic E-state index is 12.3. The number of nitrogens with two attached hydrogens (primary N) is 2. The Hall–Kier alpha value is -1.12. The molecule has 0 aromatic heterocycles. The maximum Gasteiger partial charge on any atom is 0.527 e. The molecule has 2 heterocycles. The Bertz CT molecular complexity index is 395. The van der Waals surface area contributed by atoms with E-state index >= 15 is 0 Å². The lowest BCUT2D eigenvalue weighted by Crippen LogP contribution is -2.58. The fourth-order valence-corrected chi connectivity index (χ4v) is 2.96. The van der Waals surface area contributed by atoms with Gasteiger partial charge in [-0.1, -0.05) is 6.42 Å². The highest BCUT2D eigenvalue weighted by atomic mass is 16.6. The van der Waals surface area contributed by atoms with Crippen LogP contribution in [0.1, 0.15) is 19.8 Å². The molecule has 2 rings (SSSR count). The molecule has 2 unspecified atom stereocenters. The molecule has 2 atom stereocenters. The molecular weight excluding hydrogens is 261 g/mol. The van der Waals surface area contributed by atoms with Gasteiger partial charge in [-0.2, -0.15) is 0 Å². The maximum absolute atomic E-state index is 12.3. The van der Waals surface area contributed by atoms with Gasteiger partial charge in [0, 0.05) is 25.6 Å². The number of hydrogen-bond donors (Lipinski definition) is 2. The van der Waals surface area contributed by atoms with Crippen molar-refractivity contribution in [2.75, 3.05) is 26.2 Å². The van der Waals surface area contributed by atoms with Gasteiger partial charge in [-0.15, -0.1) is 0 Å². The summed E-state index contributed by atoms with van der Waals surface area (Å²) in [6, 6.07) is 0. The predicted octanol–water partition coefficient (Wildman–Crippen LogP) is -1.04. The third-order valence-electron chi connectivity index (χ3n) is 4.11. The number of carbonyl (C=O) groups excluding carboxylic acids is 2. The number of hydrogen-bond acceptors (Lipinski definition) is 6. The molecule has 4 N–H and O–H groups in total. The largest absolute Gasteiger partial charge is 0.527 e. The summed E-state index contributed by atoms with van der Waals surface area (Å²) in [6.07, 6.45) is 2.30. The van der Waals surface area contributed by atoms with E-state index in [-0.39, 0.29) is 24.9 Å². The van der Waals surface area contributed by atoms with Crippen molar-refractivity contribution in [2.45, 2.75) is 31.6 Å². The number of fused-ring (bicyclic) bond motifs is 1. The van der Waals surface area contributed by atoms with Crippen molar-refractivity contribution in [3.8, 4) is 0 Å². The molecule has 1 amide bonds. The van der Waals surface area contributed by atoms with E-state index in [9.17, 15) is 9.59 Å². The molecule has 2 aliphatic heterocycles. The SMILES string of the molecule is CCOB1CCCC2CN(C(=O)CN)CC2(N)C(=O)O1. The first kappa shape index (κ1) is 15.3. The molecule has 0 bridgehead atoms. The fourth-order valence-electron chi connectivity index (χ4n) is 2.96. The van der Waals surface area contributed by atoms with E-state index in [2.05, 4.69) is 0 Å². The highest BCUT2D eigenvalue weighted by Gasteiger charge is 2.52. The molecule has 2 saturated heterocycles. The van der Waals surface area contributed by atoms with Crippen molar-refractivity contribution < 1.29 is 18.9 Å². The van der Waals surface area contributed by atoms with Crippen LogP contribution in [-0.2, 0) is 18.9 Å². The van der Waals surface area contributed by atoms with Gasteiger partial charge in [0.1, 0.15) is 5.54 Å². The van der Waals surface area contributed by atoms with Crippen LogP contribution in [0.4, 0.5) is 0 Å². The first-order chi connectivity index (χ1) is 9.51. The smallest absolute Gasteiger partial charge is 0.508 e. The summed E-state index contributed by atoms with van der Waals surface area (Å²) in [4.78, 5) is 25.6. The molecule has 0 saturated carbocycles. The minimum atomic E-state index is -1.14. The Morgan fingerprint density at radius 1 is 1.65 bits per heavy atom. The Balaban J connectivity index is 2.12. The lowest BCUT2D eigenvalue weighted by atomic mass is 9.74. The Kier molecular flexibility index (Phi) is 4.67. The number of carbonyl (C=O) groups is 2. The van der Waals surface area contributed by atoms with Crippen LogP contribution in [0.5, 0.6) is 0 Å². The van der Waals surface area contributed by atoms with Crippen LogP contribution < -0.4 is 11.5 Å². The van der Waals surface area contributed by atoms with E-state index in [1.54, 1.807) is 4.90 Å². The summed E-state index contributed by atoms with van der Waals surface area (Å²) in [5.41, 5.74) is 10.5. The van der Waals surface area contributed by atoms with Gasteiger partial charge in [-0.05, 0) is 19.7 Å². The molecular formula is C12H22BN3O4. The zero-order valence-electron chi connectivity index (χ0n) is 11.8. The van der Waals surface area contributed by atoms with Crippen LogP contribution in [0.15, 0.2) is 0 Å². The van der Waals surface area contributed by atoms with Gasteiger partial charge in [0.15, 0.2) is 0 Å². The highest BCUT2D eigenvalue weighted by Crippen LogP contribution is 2.33. The van der Waals surface area contributed by atoms with Gasteiger partial charge in [0.05, 0.1) is 6.54 Å². The monoisotopic (exact) mass is 283 g/mol. The Labute approximate surface area is 119 Å². The standard InChI is InChI=1S/C12H22BN3O4/c1-2-19-13-5-3-4-9-7-16(10(17)6-14)8-12(9,15)11(18)20-13/h9H,2-8,14-15H2,1H3. The Morgan fingerprint density at radius 3 is 3.05 bits per heavy atom. The van der Waals surface area contributed by atoms with E-state index in [0.717, 1.165) is 12.8 Å². The van der Waals surface area contributed by atoms with E-state index in [4.69, 9.17) is 20.8 Å². The zero-order valence-corrected chi connectivity index (χ0v) is 11.8. The minimum absolute atomic E-state index is 0.0700. The number of rotatable bonds is 3. The van der Waals surface area contributed by atoms with Gasteiger partial charge >= 0.3 is 13.1 Å². The first-order valence-corrected chi connectivity index (χ1v) is 7.10. The molecule has 20 heavy (non-hydrogen) atoms. The minimum Gasteiger partial charge on any atom is -0.508 e. The summed E-state index contributed by atoms with van der Waals surface area (Å²) >= 11 is 0. The van der Waals surface area contributed by atoms with E-state index < -0.39 is 18.6 Å². The zero-order chi connectivity index (χ0) is 14.8. The van der Waals surface area contributed by atoms with Crippen LogP contribution in [0.25, 0.3) is 0 Å². The number of amides is 1. The van der Waals surface area contributed by atoms with Gasteiger partial charge in [-0.3, -0.25) is 9.59 Å². The molecule has 112 valence electrons. The molecule has 0 aliphatic carbocycles. The third kappa shape index (κ3) is 2.82. The van der Waals surface area contributed by atoms with E-state index in [0.29, 0.717) is 19.5 Å². The van der Waals surface area contributed by atoms with Crippen LogP contribution in [0, 0.1) is 5.92 Å². The summed E-state index contributed by atoms with van der Waals surface area (Å²) in [5, 5.41) is 0. The van der Waals surface area contributed by atoms with Crippen molar-refractivity contribution in [2.24, 2.45) is 17.4 Å². The predicted molar refractivity (Wildman–Crippen MR) is 73.6 cm³/mol. The lowest BCUT2D eigenvalue weighted by Gasteiger charge is -2.31. The highest BCUT2D eigenvalue weighted by molar-refractivity contribution is 6.47.